The standard InChI is InChI=1S/C19H29N3OS/c1-15-5-7-16(8-6-15)20-19(24)22(14-18-4-3-13-23-18)17-9-11-21(2)12-10-17/h5-8,17-18H,3-4,9-14H2,1-2H3,(H,20,24). The number of rotatable bonds is 4. The van der Waals surface area contributed by atoms with Gasteiger partial charge in [0.25, 0.3) is 0 Å². The molecule has 2 fully saturated rings. The smallest absolute Gasteiger partial charge is 0.173 e. The molecule has 0 saturated carbocycles. The zero-order chi connectivity index (χ0) is 16.9. The van der Waals surface area contributed by atoms with Gasteiger partial charge in [0.1, 0.15) is 0 Å². The number of likely N-dealkylation sites (tertiary alicyclic amines) is 1. The van der Waals surface area contributed by atoms with Gasteiger partial charge in [0.2, 0.25) is 0 Å². The van der Waals surface area contributed by atoms with Crippen molar-refractivity contribution >= 4 is 23.0 Å². The van der Waals surface area contributed by atoms with Crippen LogP contribution >= 0.6 is 12.2 Å². The summed E-state index contributed by atoms with van der Waals surface area (Å²) >= 11 is 5.78. The van der Waals surface area contributed by atoms with Gasteiger partial charge in [-0.3, -0.25) is 0 Å². The van der Waals surface area contributed by atoms with Gasteiger partial charge in [-0.2, -0.15) is 0 Å². The van der Waals surface area contributed by atoms with Crippen molar-refractivity contribution in [3.05, 3.63) is 29.8 Å². The SMILES string of the molecule is Cc1ccc(NC(=S)N(CC2CCCO2)C2CCN(C)CC2)cc1. The van der Waals surface area contributed by atoms with Crippen molar-refractivity contribution in [2.75, 3.05) is 38.6 Å². The molecule has 2 heterocycles. The molecule has 0 radical (unpaired) electrons. The molecule has 1 aromatic rings. The molecule has 1 N–H and O–H groups in total. The van der Waals surface area contributed by atoms with E-state index in [9.17, 15) is 0 Å². The molecule has 0 amide bonds. The van der Waals surface area contributed by atoms with Crippen LogP contribution in [0.3, 0.4) is 0 Å². The van der Waals surface area contributed by atoms with Crippen molar-refractivity contribution in [1.29, 1.82) is 0 Å². The normalized spacial score (nSPS) is 22.5. The summed E-state index contributed by atoms with van der Waals surface area (Å²) in [5, 5.41) is 4.28. The van der Waals surface area contributed by atoms with Gasteiger partial charge < -0.3 is 19.9 Å². The molecule has 2 aliphatic heterocycles. The van der Waals surface area contributed by atoms with E-state index in [0.717, 1.165) is 43.5 Å². The van der Waals surface area contributed by atoms with E-state index < -0.39 is 0 Å². The average Bonchev–Trinajstić information content (AvgIpc) is 3.09. The summed E-state index contributed by atoms with van der Waals surface area (Å²) in [6.07, 6.45) is 4.97. The number of hydrogen-bond acceptors (Lipinski definition) is 3. The van der Waals surface area contributed by atoms with Crippen LogP contribution in [0.25, 0.3) is 0 Å². The van der Waals surface area contributed by atoms with Crippen molar-refractivity contribution in [2.45, 2.75) is 44.8 Å². The van der Waals surface area contributed by atoms with Gasteiger partial charge in [-0.05, 0) is 77.1 Å². The summed E-state index contributed by atoms with van der Waals surface area (Å²) in [6, 6.07) is 8.94. The number of anilines is 1. The molecule has 1 unspecified atom stereocenters. The second kappa shape index (κ2) is 8.28. The minimum Gasteiger partial charge on any atom is -0.376 e. The Bertz CT molecular complexity index is 534. The molecule has 5 heteroatoms. The molecule has 0 spiro atoms. The number of piperidine rings is 1. The van der Waals surface area contributed by atoms with Crippen LogP contribution < -0.4 is 5.32 Å². The molecule has 0 aromatic heterocycles. The van der Waals surface area contributed by atoms with E-state index in [1.165, 1.54) is 24.8 Å². The number of aryl methyl sites for hydroxylation is 1. The van der Waals surface area contributed by atoms with Gasteiger partial charge in [0.15, 0.2) is 5.11 Å². The number of nitrogens with one attached hydrogen (secondary N) is 1. The zero-order valence-corrected chi connectivity index (χ0v) is 15.6. The molecular weight excluding hydrogens is 318 g/mol. The highest BCUT2D eigenvalue weighted by molar-refractivity contribution is 7.80. The largest absolute Gasteiger partial charge is 0.376 e. The Kier molecular flexibility index (Phi) is 6.09. The van der Waals surface area contributed by atoms with Gasteiger partial charge >= 0.3 is 0 Å². The Balaban J connectivity index is 1.67. The van der Waals surface area contributed by atoms with Crippen molar-refractivity contribution in [2.24, 2.45) is 0 Å². The lowest BCUT2D eigenvalue weighted by molar-refractivity contribution is 0.0724. The maximum atomic E-state index is 5.87. The monoisotopic (exact) mass is 347 g/mol. The summed E-state index contributed by atoms with van der Waals surface area (Å²) in [5.41, 5.74) is 2.33. The summed E-state index contributed by atoms with van der Waals surface area (Å²) in [7, 11) is 2.20. The van der Waals surface area contributed by atoms with Crippen molar-refractivity contribution < 1.29 is 4.74 Å². The molecule has 2 saturated heterocycles. The van der Waals surface area contributed by atoms with E-state index in [4.69, 9.17) is 17.0 Å². The molecule has 132 valence electrons. The van der Waals surface area contributed by atoms with Gasteiger partial charge in [-0.15, -0.1) is 0 Å². The molecule has 24 heavy (non-hydrogen) atoms. The third-order valence-corrected chi connectivity index (χ3v) is 5.45. The first kappa shape index (κ1) is 17.6. The Morgan fingerprint density at radius 1 is 1.25 bits per heavy atom. The predicted octanol–water partition coefficient (Wildman–Crippen LogP) is 3.27. The average molecular weight is 348 g/mol. The minimum absolute atomic E-state index is 0.322. The van der Waals surface area contributed by atoms with E-state index >= 15 is 0 Å². The second-order valence-corrected chi connectivity index (χ2v) is 7.50. The van der Waals surface area contributed by atoms with Gasteiger partial charge in [-0.25, -0.2) is 0 Å². The first-order chi connectivity index (χ1) is 11.6. The molecule has 3 rings (SSSR count). The highest BCUT2D eigenvalue weighted by Gasteiger charge is 2.28. The fourth-order valence-corrected chi connectivity index (χ4v) is 3.89. The minimum atomic E-state index is 0.322. The third-order valence-electron chi connectivity index (χ3n) is 5.12. The first-order valence-corrected chi connectivity index (χ1v) is 9.47. The first-order valence-electron chi connectivity index (χ1n) is 9.06. The summed E-state index contributed by atoms with van der Waals surface area (Å²) < 4.78 is 5.87. The van der Waals surface area contributed by atoms with Crippen LogP contribution in [-0.4, -0.2) is 60.3 Å². The summed E-state index contributed by atoms with van der Waals surface area (Å²) in [6.45, 7) is 6.18. The van der Waals surface area contributed by atoms with Crippen molar-refractivity contribution in [3.8, 4) is 0 Å². The van der Waals surface area contributed by atoms with E-state index in [-0.39, 0.29) is 0 Å². The Hall–Kier alpha value is -1.17. The second-order valence-electron chi connectivity index (χ2n) is 7.12. The van der Waals surface area contributed by atoms with Gasteiger partial charge in [0, 0.05) is 24.9 Å². The molecule has 1 atom stereocenters. The maximum Gasteiger partial charge on any atom is 0.173 e. The lowest BCUT2D eigenvalue weighted by atomic mass is 10.0. The van der Waals surface area contributed by atoms with Crippen LogP contribution in [0, 0.1) is 6.92 Å². The maximum absolute atomic E-state index is 5.87. The van der Waals surface area contributed by atoms with Crippen LogP contribution in [-0.2, 0) is 4.74 Å². The molecule has 0 aliphatic carbocycles. The van der Waals surface area contributed by atoms with E-state index in [2.05, 4.69) is 53.4 Å². The molecule has 2 aliphatic rings. The van der Waals surface area contributed by atoms with Crippen LogP contribution in [0.1, 0.15) is 31.2 Å². The molecule has 1 aromatic carbocycles. The highest BCUT2D eigenvalue weighted by atomic mass is 32.1. The number of thiocarbonyl (C=S) groups is 1. The van der Waals surface area contributed by atoms with Gasteiger partial charge in [-0.1, -0.05) is 17.7 Å². The van der Waals surface area contributed by atoms with E-state index in [0.29, 0.717) is 12.1 Å². The summed E-state index contributed by atoms with van der Waals surface area (Å²) in [4.78, 5) is 4.79. The van der Waals surface area contributed by atoms with Gasteiger partial charge in [0.05, 0.1) is 6.10 Å². The molecule has 4 nitrogen and oxygen atoms in total. The third kappa shape index (κ3) is 4.68. The Labute approximate surface area is 151 Å². The van der Waals surface area contributed by atoms with Crippen molar-refractivity contribution in [3.63, 3.8) is 0 Å². The van der Waals surface area contributed by atoms with Crippen LogP contribution in [0.2, 0.25) is 0 Å². The Morgan fingerprint density at radius 2 is 1.96 bits per heavy atom. The lowest BCUT2D eigenvalue weighted by Crippen LogP contribution is -2.50. The highest BCUT2D eigenvalue weighted by Crippen LogP contribution is 2.21. The van der Waals surface area contributed by atoms with Crippen LogP contribution in [0.5, 0.6) is 0 Å². The number of benzene rings is 1. The summed E-state index contributed by atoms with van der Waals surface area (Å²) in [5.74, 6) is 0. The molecular formula is C19H29N3OS. The predicted molar refractivity (Wildman–Crippen MR) is 104 cm³/mol. The quantitative estimate of drug-likeness (QED) is 0.844. The Morgan fingerprint density at radius 3 is 2.58 bits per heavy atom. The lowest BCUT2D eigenvalue weighted by Gasteiger charge is -2.39. The number of ether oxygens (including phenoxy) is 1. The van der Waals surface area contributed by atoms with Crippen LogP contribution in [0.15, 0.2) is 24.3 Å². The molecule has 0 bridgehead atoms. The zero-order valence-electron chi connectivity index (χ0n) is 14.8. The number of nitrogens with zero attached hydrogens (tertiary/aromatic N) is 2. The topological polar surface area (TPSA) is 27.7 Å². The van der Waals surface area contributed by atoms with Crippen molar-refractivity contribution in [1.82, 2.24) is 9.80 Å². The fourth-order valence-electron chi connectivity index (χ4n) is 3.54. The number of hydrogen-bond donors (Lipinski definition) is 1. The fraction of sp³-hybridized carbons (Fsp3) is 0.632. The van der Waals surface area contributed by atoms with E-state index in [1.807, 2.05) is 0 Å². The van der Waals surface area contributed by atoms with Crippen LogP contribution in [0.4, 0.5) is 5.69 Å². The van der Waals surface area contributed by atoms with E-state index in [1.54, 1.807) is 0 Å².